The molecule has 7 heteroatoms. The van der Waals surface area contributed by atoms with Crippen LogP contribution < -0.4 is 0 Å². The summed E-state index contributed by atoms with van der Waals surface area (Å²) in [5.74, 6) is 3.36. The first-order valence-corrected chi connectivity index (χ1v) is 14.9. The van der Waals surface area contributed by atoms with E-state index in [-0.39, 0.29) is 10.8 Å². The topological polar surface area (TPSA) is 104 Å². The van der Waals surface area contributed by atoms with Gasteiger partial charge in [0.2, 0.25) is 0 Å². The highest BCUT2D eigenvalue weighted by atomic mass is 32.3. The molecule has 3 saturated carbocycles. The summed E-state index contributed by atoms with van der Waals surface area (Å²) in [6.45, 7) is 9.58. The molecule has 0 aromatic carbocycles. The first kappa shape index (κ1) is 26.6. The molecule has 0 aromatic heterocycles. The lowest BCUT2D eigenvalue weighted by Crippen LogP contribution is -2.54. The van der Waals surface area contributed by atoms with E-state index in [1.807, 2.05) is 0 Å². The summed E-state index contributed by atoms with van der Waals surface area (Å²) >= 11 is 0. The van der Waals surface area contributed by atoms with Crippen LogP contribution in [0.25, 0.3) is 0 Å². The van der Waals surface area contributed by atoms with Gasteiger partial charge in [0.15, 0.2) is 0 Å². The van der Waals surface area contributed by atoms with Gasteiger partial charge in [-0.25, -0.2) is 4.18 Å². The van der Waals surface area contributed by atoms with Crippen LogP contribution in [0.15, 0.2) is 11.6 Å². The summed E-state index contributed by atoms with van der Waals surface area (Å²) < 4.78 is 36.5. The summed E-state index contributed by atoms with van der Waals surface area (Å²) in [5, 5.41) is 21.3. The van der Waals surface area contributed by atoms with Gasteiger partial charge in [0.25, 0.3) is 0 Å². The lowest BCUT2D eigenvalue weighted by Gasteiger charge is -2.59. The molecular weight excluding hydrogens is 452 g/mol. The third-order valence-corrected chi connectivity index (χ3v) is 11.1. The molecule has 0 unspecified atom stereocenters. The van der Waals surface area contributed by atoms with Gasteiger partial charge in [0.05, 0.1) is 0 Å². The molecule has 4 aliphatic rings. The Morgan fingerprint density at radius 2 is 1.82 bits per heavy atom. The maximum Gasteiger partial charge on any atom is 0.397 e. The molecule has 6 nitrogen and oxygen atoms in total. The zero-order chi connectivity index (χ0) is 24.9. The van der Waals surface area contributed by atoms with Gasteiger partial charge in [-0.15, -0.1) is 0 Å². The maximum atomic E-state index is 11.3. The van der Waals surface area contributed by atoms with E-state index in [1.54, 1.807) is 0 Å². The van der Waals surface area contributed by atoms with Gasteiger partial charge in [-0.3, -0.25) is 4.55 Å². The van der Waals surface area contributed by atoms with Crippen molar-refractivity contribution in [2.45, 2.75) is 104 Å². The van der Waals surface area contributed by atoms with Crippen molar-refractivity contribution >= 4 is 10.4 Å². The Kier molecular flexibility index (Phi) is 7.64. The second-order valence-corrected chi connectivity index (χ2v) is 13.8. The number of aliphatic hydroxyl groups excluding tert-OH is 2. The highest BCUT2D eigenvalue weighted by molar-refractivity contribution is 7.80. The van der Waals surface area contributed by atoms with Crippen molar-refractivity contribution in [3.05, 3.63) is 11.6 Å². The minimum Gasteiger partial charge on any atom is -0.396 e. The summed E-state index contributed by atoms with van der Waals surface area (Å²) in [5.41, 5.74) is 1.01. The van der Waals surface area contributed by atoms with Crippen molar-refractivity contribution in [1.82, 2.24) is 0 Å². The second-order valence-electron chi connectivity index (χ2n) is 12.7. The average molecular weight is 499 g/mol. The molecule has 0 heterocycles. The Morgan fingerprint density at radius 3 is 2.47 bits per heavy atom. The number of hydrogen-bond acceptors (Lipinski definition) is 5. The van der Waals surface area contributed by atoms with E-state index in [2.05, 4.69) is 33.8 Å². The molecule has 9 atom stereocenters. The molecule has 0 saturated heterocycles. The molecule has 0 aliphatic heterocycles. The van der Waals surface area contributed by atoms with E-state index in [0.717, 1.165) is 37.7 Å². The van der Waals surface area contributed by atoms with Crippen molar-refractivity contribution in [3.8, 4) is 0 Å². The van der Waals surface area contributed by atoms with Crippen molar-refractivity contribution in [3.63, 3.8) is 0 Å². The molecule has 4 rings (SSSR count). The van der Waals surface area contributed by atoms with Gasteiger partial charge in [-0.2, -0.15) is 8.42 Å². The summed E-state index contributed by atoms with van der Waals surface area (Å²) in [4.78, 5) is 0. The van der Waals surface area contributed by atoms with E-state index in [9.17, 15) is 18.6 Å². The third kappa shape index (κ3) is 4.77. The fraction of sp³-hybridized carbons (Fsp3) is 0.926. The zero-order valence-corrected chi connectivity index (χ0v) is 22.3. The van der Waals surface area contributed by atoms with Gasteiger partial charge >= 0.3 is 10.4 Å². The normalized spacial score (nSPS) is 43.1. The number of rotatable bonds is 8. The minimum atomic E-state index is -4.59. The molecular formula is C27H46O6S. The SMILES string of the molecule is CC(C)CCC[C@@H](CO)[C@H]1CC[C@H]2[C@@H]3CC=C4[C@@H](O)[C@H](OS(=O)(=O)O)CC[C@]4(C)[C@H]3CC[C@]12C. The molecule has 3 fully saturated rings. The first-order chi connectivity index (χ1) is 15.9. The van der Waals surface area contributed by atoms with Crippen molar-refractivity contribution in [2.24, 2.45) is 46.3 Å². The summed E-state index contributed by atoms with van der Waals surface area (Å²) in [6, 6.07) is 0. The fourth-order valence-electron chi connectivity index (χ4n) is 8.99. The van der Waals surface area contributed by atoms with Crippen LogP contribution in [0, 0.1) is 46.3 Å². The van der Waals surface area contributed by atoms with Crippen LogP contribution >= 0.6 is 0 Å². The van der Waals surface area contributed by atoms with Crippen molar-refractivity contribution in [2.75, 3.05) is 6.61 Å². The number of aliphatic hydroxyl groups is 2. The van der Waals surface area contributed by atoms with E-state index in [0.29, 0.717) is 48.5 Å². The molecule has 4 aliphatic carbocycles. The van der Waals surface area contributed by atoms with Crippen LogP contribution in [0.3, 0.4) is 0 Å². The Bertz CT molecular complexity index is 868. The highest BCUT2D eigenvalue weighted by Crippen LogP contribution is 2.67. The van der Waals surface area contributed by atoms with Gasteiger partial charge in [-0.05, 0) is 103 Å². The van der Waals surface area contributed by atoms with E-state index >= 15 is 0 Å². The van der Waals surface area contributed by atoms with Crippen LogP contribution in [-0.4, -0.2) is 42.0 Å². The molecule has 0 radical (unpaired) electrons. The smallest absolute Gasteiger partial charge is 0.396 e. The molecule has 0 spiro atoms. The molecule has 0 amide bonds. The van der Waals surface area contributed by atoms with Gasteiger partial charge in [0, 0.05) is 6.61 Å². The second kappa shape index (κ2) is 9.77. The maximum absolute atomic E-state index is 11.3. The molecule has 0 bridgehead atoms. The van der Waals surface area contributed by atoms with Crippen LogP contribution in [-0.2, 0) is 14.6 Å². The zero-order valence-electron chi connectivity index (χ0n) is 21.4. The monoisotopic (exact) mass is 498 g/mol. The Labute approximate surface area is 206 Å². The predicted octanol–water partition coefficient (Wildman–Crippen LogP) is 5.16. The molecule has 196 valence electrons. The predicted molar refractivity (Wildman–Crippen MR) is 132 cm³/mol. The van der Waals surface area contributed by atoms with Crippen LogP contribution in [0.2, 0.25) is 0 Å². The molecule has 0 aromatic rings. The van der Waals surface area contributed by atoms with E-state index in [1.165, 1.54) is 25.7 Å². The largest absolute Gasteiger partial charge is 0.397 e. The van der Waals surface area contributed by atoms with E-state index in [4.69, 9.17) is 8.74 Å². The summed E-state index contributed by atoms with van der Waals surface area (Å²) in [6.07, 6.45) is 10.6. The highest BCUT2D eigenvalue weighted by Gasteiger charge is 2.60. The van der Waals surface area contributed by atoms with Gasteiger partial charge in [0.1, 0.15) is 12.2 Å². The first-order valence-electron chi connectivity index (χ1n) is 13.6. The van der Waals surface area contributed by atoms with E-state index < -0.39 is 22.6 Å². The van der Waals surface area contributed by atoms with Crippen molar-refractivity contribution in [1.29, 1.82) is 0 Å². The minimum absolute atomic E-state index is 0.158. The molecule has 3 N–H and O–H groups in total. The average Bonchev–Trinajstić information content (AvgIpc) is 3.09. The van der Waals surface area contributed by atoms with Crippen molar-refractivity contribution < 1.29 is 27.4 Å². The summed E-state index contributed by atoms with van der Waals surface area (Å²) in [7, 11) is -4.59. The lowest BCUT2D eigenvalue weighted by atomic mass is 9.46. The van der Waals surface area contributed by atoms with Crippen LogP contribution in [0.4, 0.5) is 0 Å². The standard InChI is InChI=1S/C27H46O6S/c1-17(2)6-5-7-18(16-28)20-10-11-21-19-8-9-23-25(29)24(33-34(30,31)32)13-15-27(23,4)22(19)12-14-26(20,21)3/h9,17-22,24-25,28-29H,5-8,10-16H2,1-4H3,(H,30,31,32)/t18-,19-,20+,21-,22-,24+,25+,26+,27+/m0/s1. The Morgan fingerprint density at radius 1 is 1.09 bits per heavy atom. The van der Waals surface area contributed by atoms with Crippen LogP contribution in [0.5, 0.6) is 0 Å². The molecule has 34 heavy (non-hydrogen) atoms. The van der Waals surface area contributed by atoms with Gasteiger partial charge in [-0.1, -0.05) is 46.6 Å². The Balaban J connectivity index is 1.52. The Hall–Kier alpha value is -0.470. The van der Waals surface area contributed by atoms with Gasteiger partial charge < -0.3 is 10.2 Å². The quantitative estimate of drug-likeness (QED) is 0.315. The van der Waals surface area contributed by atoms with Crippen LogP contribution in [0.1, 0.15) is 91.9 Å². The number of allylic oxidation sites excluding steroid dienone is 1. The lowest BCUT2D eigenvalue weighted by molar-refractivity contribution is -0.0793. The number of fused-ring (bicyclic) bond motifs is 5. The fourth-order valence-corrected chi connectivity index (χ4v) is 9.50. The third-order valence-electron chi connectivity index (χ3n) is 10.6. The number of hydrogen-bond donors (Lipinski definition) is 3.